The van der Waals surface area contributed by atoms with E-state index in [1.807, 2.05) is 18.7 Å². The molecule has 0 radical (unpaired) electrons. The summed E-state index contributed by atoms with van der Waals surface area (Å²) < 4.78 is 21.0. The first kappa shape index (κ1) is 34.2. The van der Waals surface area contributed by atoms with Crippen LogP contribution in [-0.2, 0) is 21.5 Å². The zero-order valence-corrected chi connectivity index (χ0v) is 30.7. The second kappa shape index (κ2) is 12.8. The number of aromatic nitrogens is 1. The van der Waals surface area contributed by atoms with E-state index < -0.39 is 11.9 Å². The molecule has 54 heavy (non-hydrogen) atoms. The second-order valence-corrected chi connectivity index (χ2v) is 15.8. The molecule has 12 heteroatoms. The standard InChI is InChI=1S/C42H42FN7O4/c1-24-4-5-28(39-25(2)46-54-26(39)3)15-36(24)49(31-8-6-30(7-9-31)42(23-44)12-13-42)19-27-17-47(18-27)32-21-48(22-32)37-16-33-29(14-34(37)43)20-50(41(33)53)35-10-11-38(51)45-40(35)52/h4-9,14-16,27,32,35H,10-13,17-22H2,1-3H3,(H,45,51,52). The van der Waals surface area contributed by atoms with Crippen LogP contribution in [-0.4, -0.2) is 77.5 Å². The third kappa shape index (κ3) is 5.73. The van der Waals surface area contributed by atoms with Gasteiger partial charge in [0, 0.05) is 80.2 Å². The number of likely N-dealkylation sites (tertiary alicyclic amines) is 1. The molecular formula is C42H42FN7O4. The number of nitriles is 1. The summed E-state index contributed by atoms with van der Waals surface area (Å²) in [6, 6.07) is 20.2. The van der Waals surface area contributed by atoms with Crippen LogP contribution in [0, 0.1) is 43.8 Å². The highest BCUT2D eigenvalue weighted by atomic mass is 19.1. The van der Waals surface area contributed by atoms with E-state index in [-0.39, 0.29) is 48.5 Å². The summed E-state index contributed by atoms with van der Waals surface area (Å²) in [5.74, 6) is -0.293. The Labute approximate surface area is 313 Å². The Morgan fingerprint density at radius 3 is 2.44 bits per heavy atom. The van der Waals surface area contributed by atoms with Gasteiger partial charge in [0.25, 0.3) is 5.91 Å². The minimum atomic E-state index is -0.731. The van der Waals surface area contributed by atoms with Gasteiger partial charge >= 0.3 is 0 Å². The summed E-state index contributed by atoms with van der Waals surface area (Å²) in [4.78, 5) is 45.8. The van der Waals surface area contributed by atoms with Crippen LogP contribution in [0.2, 0.25) is 0 Å². The molecule has 5 heterocycles. The number of aryl methyl sites for hydroxylation is 3. The summed E-state index contributed by atoms with van der Waals surface area (Å²) in [5.41, 5.74) is 8.42. The van der Waals surface area contributed by atoms with E-state index in [0.717, 1.165) is 77.6 Å². The SMILES string of the molecule is Cc1ccc(-c2c(C)noc2C)cc1N(CC1CN(C2CN(c3cc4c(cc3F)CN(C3CCC(=O)NC3=O)C4=O)C2)C1)c1ccc(C2(C#N)CC2)cc1. The molecular weight excluding hydrogens is 686 g/mol. The third-order valence-corrected chi connectivity index (χ3v) is 12.3. The fourth-order valence-corrected chi connectivity index (χ4v) is 8.83. The van der Waals surface area contributed by atoms with Gasteiger partial charge in [-0.15, -0.1) is 0 Å². The van der Waals surface area contributed by atoms with Gasteiger partial charge in [-0.3, -0.25) is 24.6 Å². The number of fused-ring (bicyclic) bond motifs is 1. The number of benzene rings is 3. The minimum absolute atomic E-state index is 0.154. The van der Waals surface area contributed by atoms with Crippen LogP contribution in [0.3, 0.4) is 0 Å². The first-order valence-corrected chi connectivity index (χ1v) is 18.8. The maximum absolute atomic E-state index is 15.5. The molecule has 9 rings (SSSR count). The van der Waals surface area contributed by atoms with Crippen molar-refractivity contribution in [2.45, 2.75) is 70.5 Å². The molecule has 1 aromatic heterocycles. The predicted molar refractivity (Wildman–Crippen MR) is 200 cm³/mol. The van der Waals surface area contributed by atoms with Gasteiger partial charge in [0.15, 0.2) is 0 Å². The van der Waals surface area contributed by atoms with Gasteiger partial charge < -0.3 is 19.2 Å². The Hall–Kier alpha value is -5.54. The molecule has 3 aromatic carbocycles. The molecule has 1 atom stereocenters. The maximum Gasteiger partial charge on any atom is 0.255 e. The smallest absolute Gasteiger partial charge is 0.255 e. The van der Waals surface area contributed by atoms with E-state index in [2.05, 4.69) is 75.7 Å². The van der Waals surface area contributed by atoms with Gasteiger partial charge in [-0.25, -0.2) is 4.39 Å². The summed E-state index contributed by atoms with van der Waals surface area (Å²) in [6.07, 6.45) is 2.25. The molecule has 1 aliphatic carbocycles. The predicted octanol–water partition coefficient (Wildman–Crippen LogP) is 5.68. The van der Waals surface area contributed by atoms with E-state index in [9.17, 15) is 19.6 Å². The van der Waals surface area contributed by atoms with Crippen LogP contribution >= 0.6 is 0 Å². The van der Waals surface area contributed by atoms with E-state index in [4.69, 9.17) is 4.52 Å². The van der Waals surface area contributed by atoms with E-state index in [1.54, 1.807) is 6.07 Å². The number of piperidine rings is 1. The van der Waals surface area contributed by atoms with Crippen LogP contribution in [0.25, 0.3) is 11.1 Å². The Morgan fingerprint density at radius 2 is 1.78 bits per heavy atom. The normalized spacial score (nSPS) is 21.0. The van der Waals surface area contributed by atoms with Crippen LogP contribution in [0.1, 0.15) is 64.2 Å². The van der Waals surface area contributed by atoms with Crippen LogP contribution in [0.4, 0.5) is 21.5 Å². The molecule has 1 unspecified atom stereocenters. The Balaban J connectivity index is 0.885. The van der Waals surface area contributed by atoms with Gasteiger partial charge in [-0.1, -0.05) is 29.4 Å². The molecule has 3 amide bonds. The zero-order valence-electron chi connectivity index (χ0n) is 30.7. The van der Waals surface area contributed by atoms with Crippen LogP contribution in [0.5, 0.6) is 0 Å². The molecule has 4 aliphatic heterocycles. The number of nitrogens with zero attached hydrogens (tertiary/aromatic N) is 6. The van der Waals surface area contributed by atoms with E-state index in [1.165, 1.54) is 11.0 Å². The fraction of sp³-hybridized carbons (Fsp3) is 0.405. The average Bonchev–Trinajstić information content (AvgIpc) is 3.77. The highest BCUT2D eigenvalue weighted by Gasteiger charge is 2.45. The lowest BCUT2D eigenvalue weighted by molar-refractivity contribution is -0.136. The van der Waals surface area contributed by atoms with Gasteiger partial charge in [-0.2, -0.15) is 5.26 Å². The largest absolute Gasteiger partial charge is 0.366 e. The molecule has 3 saturated heterocycles. The van der Waals surface area contributed by atoms with Gasteiger partial charge in [0.05, 0.1) is 22.9 Å². The van der Waals surface area contributed by atoms with Crippen molar-refractivity contribution in [3.05, 3.63) is 94.1 Å². The molecule has 4 aromatic rings. The first-order valence-electron chi connectivity index (χ1n) is 18.8. The lowest BCUT2D eigenvalue weighted by Crippen LogP contribution is -2.66. The number of imide groups is 1. The van der Waals surface area contributed by atoms with Crippen molar-refractivity contribution >= 4 is 34.8 Å². The Kier molecular flexibility index (Phi) is 8.12. The number of anilines is 3. The van der Waals surface area contributed by atoms with Crippen molar-refractivity contribution in [3.63, 3.8) is 0 Å². The van der Waals surface area contributed by atoms with Crippen molar-refractivity contribution in [3.8, 4) is 17.2 Å². The summed E-state index contributed by atoms with van der Waals surface area (Å²) in [7, 11) is 0. The maximum atomic E-state index is 15.5. The number of halogens is 1. The number of rotatable bonds is 9. The topological polar surface area (TPSA) is 126 Å². The Morgan fingerprint density at radius 1 is 1.02 bits per heavy atom. The molecule has 0 spiro atoms. The molecule has 5 aliphatic rings. The second-order valence-electron chi connectivity index (χ2n) is 15.8. The molecule has 1 saturated carbocycles. The van der Waals surface area contributed by atoms with Gasteiger partial charge in [-0.05, 0) is 92.6 Å². The summed E-state index contributed by atoms with van der Waals surface area (Å²) in [5, 5.41) is 16.3. The molecule has 11 nitrogen and oxygen atoms in total. The molecule has 4 fully saturated rings. The molecule has 0 bridgehead atoms. The highest BCUT2D eigenvalue weighted by Crippen LogP contribution is 2.48. The first-order chi connectivity index (χ1) is 26.0. The van der Waals surface area contributed by atoms with Gasteiger partial charge in [0.2, 0.25) is 11.8 Å². The van der Waals surface area contributed by atoms with Crippen molar-refractivity contribution < 1.29 is 23.3 Å². The zero-order chi connectivity index (χ0) is 37.5. The van der Waals surface area contributed by atoms with Crippen molar-refractivity contribution in [2.75, 3.05) is 42.5 Å². The lowest BCUT2D eigenvalue weighted by Gasteiger charge is -2.53. The molecule has 276 valence electrons. The highest BCUT2D eigenvalue weighted by molar-refractivity contribution is 6.05. The number of carbonyl (C=O) groups is 3. The van der Waals surface area contributed by atoms with E-state index in [0.29, 0.717) is 35.8 Å². The monoisotopic (exact) mass is 727 g/mol. The number of carbonyl (C=O) groups excluding carboxylic acids is 3. The third-order valence-electron chi connectivity index (χ3n) is 12.3. The Bertz CT molecular complexity index is 2230. The number of amides is 3. The quantitative estimate of drug-likeness (QED) is 0.217. The van der Waals surface area contributed by atoms with Crippen molar-refractivity contribution in [2.24, 2.45) is 5.92 Å². The fourth-order valence-electron chi connectivity index (χ4n) is 8.83. The number of hydrogen-bond donors (Lipinski definition) is 1. The van der Waals surface area contributed by atoms with E-state index >= 15 is 4.39 Å². The molecule has 1 N–H and O–H groups in total. The van der Waals surface area contributed by atoms with Crippen molar-refractivity contribution in [1.82, 2.24) is 20.3 Å². The number of nitrogens with one attached hydrogen (secondary N) is 1. The van der Waals surface area contributed by atoms with Crippen LogP contribution in [0.15, 0.2) is 59.1 Å². The summed E-state index contributed by atoms with van der Waals surface area (Å²) >= 11 is 0. The van der Waals surface area contributed by atoms with Gasteiger partial charge in [0.1, 0.15) is 17.6 Å². The minimum Gasteiger partial charge on any atom is -0.366 e. The summed E-state index contributed by atoms with van der Waals surface area (Å²) in [6.45, 7) is 10.2. The number of hydrogen-bond acceptors (Lipinski definition) is 9. The lowest BCUT2D eigenvalue weighted by atomic mass is 9.92. The average molecular weight is 728 g/mol. The van der Waals surface area contributed by atoms with Crippen molar-refractivity contribution in [1.29, 1.82) is 5.26 Å². The van der Waals surface area contributed by atoms with Crippen LogP contribution < -0.4 is 15.1 Å².